The van der Waals surface area contributed by atoms with E-state index in [4.69, 9.17) is 0 Å². The van der Waals surface area contributed by atoms with Gasteiger partial charge in [0.2, 0.25) is 0 Å². The van der Waals surface area contributed by atoms with E-state index in [1.165, 1.54) is 5.56 Å². The average molecular weight is 269 g/mol. The molecule has 20 heavy (non-hydrogen) atoms. The molecule has 0 aliphatic rings. The monoisotopic (exact) mass is 269 g/mol. The molecule has 2 aromatic carbocycles. The normalized spacial score (nSPS) is 11.9. The minimum absolute atomic E-state index is 0.0531. The molecule has 0 aliphatic heterocycles. The molecule has 1 amide bonds. The lowest BCUT2D eigenvalue weighted by Gasteiger charge is -2.14. The number of hydrogen-bond acceptors (Lipinski definition) is 2. The van der Waals surface area contributed by atoms with Gasteiger partial charge in [-0.15, -0.1) is 0 Å². The predicted molar refractivity (Wildman–Crippen MR) is 80.0 cm³/mol. The summed E-state index contributed by atoms with van der Waals surface area (Å²) in [6, 6.07) is 15.2. The maximum absolute atomic E-state index is 12.1. The number of benzene rings is 2. The molecule has 0 bridgehead atoms. The van der Waals surface area contributed by atoms with Gasteiger partial charge in [-0.3, -0.25) is 4.79 Å². The van der Waals surface area contributed by atoms with Gasteiger partial charge in [0.1, 0.15) is 5.75 Å². The zero-order valence-electron chi connectivity index (χ0n) is 11.8. The van der Waals surface area contributed by atoms with Crippen LogP contribution in [0.5, 0.6) is 5.75 Å². The highest BCUT2D eigenvalue weighted by Crippen LogP contribution is 2.21. The highest BCUT2D eigenvalue weighted by atomic mass is 16.3. The minimum atomic E-state index is -0.242. The molecule has 0 fully saturated rings. The van der Waals surface area contributed by atoms with Gasteiger partial charge in [0, 0.05) is 6.54 Å². The van der Waals surface area contributed by atoms with Crippen molar-refractivity contribution >= 4 is 5.91 Å². The predicted octanol–water partition coefficient (Wildman–Crippen LogP) is 3.23. The van der Waals surface area contributed by atoms with Gasteiger partial charge in [-0.2, -0.15) is 0 Å². The lowest BCUT2D eigenvalue weighted by molar-refractivity contribution is 0.0949. The Kier molecular flexibility index (Phi) is 4.41. The van der Waals surface area contributed by atoms with Gasteiger partial charge in [-0.1, -0.05) is 49.4 Å². The third-order valence-corrected chi connectivity index (χ3v) is 3.42. The average Bonchev–Trinajstić information content (AvgIpc) is 2.48. The van der Waals surface area contributed by atoms with Gasteiger partial charge >= 0.3 is 0 Å². The molecule has 0 aromatic heterocycles. The van der Waals surface area contributed by atoms with E-state index in [1.807, 2.05) is 30.3 Å². The first-order valence-electron chi connectivity index (χ1n) is 6.71. The third kappa shape index (κ3) is 3.18. The molecule has 3 nitrogen and oxygen atoms in total. The fourth-order valence-corrected chi connectivity index (χ4v) is 2.08. The molecule has 3 heteroatoms. The summed E-state index contributed by atoms with van der Waals surface area (Å²) in [5, 5.41) is 12.8. The molecule has 2 N–H and O–H groups in total. The Labute approximate surface area is 119 Å². The molecule has 1 atom stereocenters. The van der Waals surface area contributed by atoms with Crippen LogP contribution >= 0.6 is 0 Å². The minimum Gasteiger partial charge on any atom is -0.507 e. The number of rotatable bonds is 4. The van der Waals surface area contributed by atoms with Crippen LogP contribution in [0.2, 0.25) is 0 Å². The summed E-state index contributed by atoms with van der Waals surface area (Å²) in [5.41, 5.74) is 2.21. The van der Waals surface area contributed by atoms with Crippen molar-refractivity contribution in [2.75, 3.05) is 6.54 Å². The van der Waals surface area contributed by atoms with Crippen LogP contribution in [0.25, 0.3) is 0 Å². The van der Waals surface area contributed by atoms with Crippen LogP contribution in [0.1, 0.15) is 34.3 Å². The third-order valence-electron chi connectivity index (χ3n) is 3.42. The Hall–Kier alpha value is -2.29. The molecule has 0 heterocycles. The molecular weight excluding hydrogens is 250 g/mol. The summed E-state index contributed by atoms with van der Waals surface area (Å²) >= 11 is 0. The van der Waals surface area contributed by atoms with Crippen LogP contribution in [0.15, 0.2) is 48.5 Å². The molecule has 2 aromatic rings. The molecule has 1 unspecified atom stereocenters. The van der Waals surface area contributed by atoms with E-state index in [1.54, 1.807) is 25.1 Å². The Morgan fingerprint density at radius 1 is 1.15 bits per heavy atom. The number of aromatic hydroxyl groups is 1. The van der Waals surface area contributed by atoms with Crippen molar-refractivity contribution in [3.05, 3.63) is 65.2 Å². The van der Waals surface area contributed by atoms with E-state index in [0.717, 1.165) is 0 Å². The Morgan fingerprint density at radius 3 is 2.55 bits per heavy atom. The number of hydrogen-bond donors (Lipinski definition) is 2. The number of nitrogens with one attached hydrogen (secondary N) is 1. The number of amides is 1. The second-order valence-corrected chi connectivity index (χ2v) is 4.99. The number of para-hydroxylation sites is 1. The van der Waals surface area contributed by atoms with E-state index < -0.39 is 0 Å². The molecule has 0 radical (unpaired) electrons. The summed E-state index contributed by atoms with van der Waals surface area (Å²) in [7, 11) is 0. The van der Waals surface area contributed by atoms with Crippen LogP contribution in [0, 0.1) is 6.92 Å². The molecule has 0 saturated heterocycles. The van der Waals surface area contributed by atoms with E-state index in [-0.39, 0.29) is 17.6 Å². The van der Waals surface area contributed by atoms with E-state index >= 15 is 0 Å². The quantitative estimate of drug-likeness (QED) is 0.895. The molecule has 0 spiro atoms. The zero-order chi connectivity index (χ0) is 14.5. The van der Waals surface area contributed by atoms with Crippen molar-refractivity contribution in [1.29, 1.82) is 0 Å². The summed E-state index contributed by atoms with van der Waals surface area (Å²) < 4.78 is 0. The second kappa shape index (κ2) is 6.24. The molecule has 0 saturated carbocycles. The van der Waals surface area contributed by atoms with Crippen LogP contribution in [-0.2, 0) is 0 Å². The van der Waals surface area contributed by atoms with Gasteiger partial charge in [-0.05, 0) is 30.0 Å². The lowest BCUT2D eigenvalue weighted by Crippen LogP contribution is -2.27. The Bertz CT molecular complexity index is 593. The Morgan fingerprint density at radius 2 is 1.85 bits per heavy atom. The van der Waals surface area contributed by atoms with Gasteiger partial charge in [0.05, 0.1) is 5.56 Å². The second-order valence-electron chi connectivity index (χ2n) is 4.99. The summed E-state index contributed by atoms with van der Waals surface area (Å²) in [5.74, 6) is 0.0402. The first-order valence-corrected chi connectivity index (χ1v) is 6.71. The van der Waals surface area contributed by atoms with Crippen molar-refractivity contribution in [1.82, 2.24) is 5.32 Å². The van der Waals surface area contributed by atoms with Crippen molar-refractivity contribution in [3.63, 3.8) is 0 Å². The van der Waals surface area contributed by atoms with E-state index in [0.29, 0.717) is 17.7 Å². The number of phenols is 1. The van der Waals surface area contributed by atoms with Gasteiger partial charge < -0.3 is 10.4 Å². The first-order chi connectivity index (χ1) is 9.59. The van der Waals surface area contributed by atoms with E-state index in [9.17, 15) is 9.90 Å². The van der Waals surface area contributed by atoms with Crippen LogP contribution < -0.4 is 5.32 Å². The maximum atomic E-state index is 12.1. The fourth-order valence-electron chi connectivity index (χ4n) is 2.08. The highest BCUT2D eigenvalue weighted by molar-refractivity contribution is 5.97. The number of phenolic OH excluding ortho intramolecular Hbond substituents is 1. The summed E-state index contributed by atoms with van der Waals surface area (Å²) in [6.45, 7) is 4.38. The fraction of sp³-hybridized carbons (Fsp3) is 0.235. The standard InChI is InChI=1S/C17H19NO2/c1-12-7-6-10-15(16(12)19)17(20)18-11-13(2)14-8-4-3-5-9-14/h3-10,13,19H,11H2,1-2H3,(H,18,20). The first kappa shape index (κ1) is 14.1. The van der Waals surface area contributed by atoms with Crippen LogP contribution in [-0.4, -0.2) is 17.6 Å². The van der Waals surface area contributed by atoms with Crippen molar-refractivity contribution in [2.24, 2.45) is 0 Å². The largest absolute Gasteiger partial charge is 0.507 e. The number of carbonyl (C=O) groups excluding carboxylic acids is 1. The smallest absolute Gasteiger partial charge is 0.255 e. The highest BCUT2D eigenvalue weighted by Gasteiger charge is 2.13. The van der Waals surface area contributed by atoms with Crippen molar-refractivity contribution < 1.29 is 9.90 Å². The van der Waals surface area contributed by atoms with Gasteiger partial charge in [0.15, 0.2) is 0 Å². The number of aryl methyl sites for hydroxylation is 1. The van der Waals surface area contributed by atoms with Gasteiger partial charge in [-0.25, -0.2) is 0 Å². The summed E-state index contributed by atoms with van der Waals surface area (Å²) in [6.07, 6.45) is 0. The van der Waals surface area contributed by atoms with Crippen LogP contribution in [0.3, 0.4) is 0 Å². The molecule has 0 aliphatic carbocycles. The SMILES string of the molecule is Cc1cccc(C(=O)NCC(C)c2ccccc2)c1O. The topological polar surface area (TPSA) is 49.3 Å². The van der Waals surface area contributed by atoms with Gasteiger partial charge in [0.25, 0.3) is 5.91 Å². The van der Waals surface area contributed by atoms with Crippen molar-refractivity contribution in [2.45, 2.75) is 19.8 Å². The zero-order valence-corrected chi connectivity index (χ0v) is 11.8. The molecule has 104 valence electrons. The lowest BCUT2D eigenvalue weighted by atomic mass is 10.0. The maximum Gasteiger partial charge on any atom is 0.255 e. The number of carbonyl (C=O) groups is 1. The Balaban J connectivity index is 2.01. The van der Waals surface area contributed by atoms with Crippen LogP contribution in [0.4, 0.5) is 0 Å². The van der Waals surface area contributed by atoms with Crippen molar-refractivity contribution in [3.8, 4) is 5.75 Å². The molecular formula is C17H19NO2. The summed E-state index contributed by atoms with van der Waals surface area (Å²) in [4.78, 5) is 12.1. The molecule has 2 rings (SSSR count). The van der Waals surface area contributed by atoms with E-state index in [2.05, 4.69) is 12.2 Å².